The van der Waals surface area contributed by atoms with Gasteiger partial charge in [0, 0.05) is 15.6 Å². The van der Waals surface area contributed by atoms with E-state index in [1.54, 1.807) is 54.6 Å². The van der Waals surface area contributed by atoms with Crippen LogP contribution in [0.25, 0.3) is 6.08 Å². The van der Waals surface area contributed by atoms with Gasteiger partial charge in [0.15, 0.2) is 17.2 Å². The van der Waals surface area contributed by atoms with Crippen molar-refractivity contribution in [2.75, 3.05) is 7.11 Å². The number of carbonyl (C=O) groups is 1. The van der Waals surface area contributed by atoms with E-state index < -0.39 is 5.97 Å². The summed E-state index contributed by atoms with van der Waals surface area (Å²) in [6.07, 6.45) is 1.60. The van der Waals surface area contributed by atoms with Crippen molar-refractivity contribution in [3.63, 3.8) is 0 Å². The fourth-order valence-electron chi connectivity index (χ4n) is 2.95. The van der Waals surface area contributed by atoms with Gasteiger partial charge in [0.25, 0.3) is 0 Å². The Morgan fingerprint density at radius 3 is 2.58 bits per heavy atom. The van der Waals surface area contributed by atoms with Crippen LogP contribution in [0.3, 0.4) is 0 Å². The summed E-state index contributed by atoms with van der Waals surface area (Å²) in [5, 5.41) is 0. The van der Waals surface area contributed by atoms with E-state index in [1.807, 2.05) is 12.1 Å². The molecule has 0 saturated carbocycles. The summed E-state index contributed by atoms with van der Waals surface area (Å²) in [7, 11) is 1.52. The van der Waals surface area contributed by atoms with Crippen molar-refractivity contribution in [1.82, 2.24) is 0 Å². The van der Waals surface area contributed by atoms with Crippen LogP contribution in [0.1, 0.15) is 16.7 Å². The third kappa shape index (κ3) is 4.83. The first-order valence-corrected chi connectivity index (χ1v) is 10.2. The van der Waals surface area contributed by atoms with Gasteiger partial charge in [-0.3, -0.25) is 0 Å². The van der Waals surface area contributed by atoms with Crippen LogP contribution in [0.15, 0.2) is 81.9 Å². The molecule has 0 radical (unpaired) electrons. The molecule has 0 unspecified atom stereocenters. The fourth-order valence-corrected chi connectivity index (χ4v) is 3.21. The summed E-state index contributed by atoms with van der Waals surface area (Å²) >= 11 is 3.37. The maximum atomic E-state index is 13.9. The van der Waals surface area contributed by atoms with E-state index in [-0.39, 0.29) is 24.0 Å². The second kappa shape index (κ2) is 9.14. The summed E-state index contributed by atoms with van der Waals surface area (Å²) in [6.45, 7) is 0.0387. The van der Waals surface area contributed by atoms with E-state index in [0.29, 0.717) is 28.2 Å². The number of hydrogen-bond donors (Lipinski definition) is 0. The van der Waals surface area contributed by atoms with Crippen LogP contribution < -0.4 is 9.47 Å². The highest BCUT2D eigenvalue weighted by Crippen LogP contribution is 2.31. The second-order valence-electron chi connectivity index (χ2n) is 6.63. The molecule has 1 aliphatic heterocycles. The number of benzene rings is 3. The highest BCUT2D eigenvalue weighted by Gasteiger charge is 2.24. The summed E-state index contributed by atoms with van der Waals surface area (Å²) in [5.41, 5.74) is 1.96. The highest BCUT2D eigenvalue weighted by molar-refractivity contribution is 9.10. The lowest BCUT2D eigenvalue weighted by Gasteiger charge is -2.12. The Kier molecular flexibility index (Phi) is 6.13. The average Bonchev–Trinajstić information content (AvgIpc) is 3.14. The van der Waals surface area contributed by atoms with Crippen molar-refractivity contribution < 1.29 is 23.4 Å². The normalized spacial score (nSPS) is 14.4. The van der Waals surface area contributed by atoms with Gasteiger partial charge in [-0.1, -0.05) is 40.2 Å². The number of halogens is 2. The quantitative estimate of drug-likeness (QED) is 0.343. The predicted molar refractivity (Wildman–Crippen MR) is 118 cm³/mol. The van der Waals surface area contributed by atoms with Crippen LogP contribution in [0.4, 0.5) is 4.39 Å². The number of aliphatic imine (C=N–C) groups is 1. The minimum absolute atomic E-state index is 0.0387. The molecule has 0 N–H and O–H groups in total. The van der Waals surface area contributed by atoms with Crippen LogP contribution in [-0.4, -0.2) is 19.0 Å². The van der Waals surface area contributed by atoms with E-state index in [1.165, 1.54) is 13.2 Å². The maximum Gasteiger partial charge on any atom is 0.363 e. The van der Waals surface area contributed by atoms with Crippen molar-refractivity contribution in [2.24, 2.45) is 4.99 Å². The largest absolute Gasteiger partial charge is 0.493 e. The lowest BCUT2D eigenvalue weighted by atomic mass is 10.1. The molecule has 3 aromatic carbocycles. The molecule has 0 fully saturated rings. The van der Waals surface area contributed by atoms with Gasteiger partial charge in [0.1, 0.15) is 12.4 Å². The molecule has 3 aromatic rings. The molecule has 0 amide bonds. The Labute approximate surface area is 186 Å². The van der Waals surface area contributed by atoms with Crippen LogP contribution in [0, 0.1) is 5.82 Å². The SMILES string of the molecule is COc1ccc(C=C2N=C(c3ccc(Br)cc3)OC2=O)cc1OCc1ccccc1F. The second-order valence-corrected chi connectivity index (χ2v) is 7.55. The summed E-state index contributed by atoms with van der Waals surface area (Å²) in [5.74, 6) is 0.272. The first-order chi connectivity index (χ1) is 15.0. The Morgan fingerprint density at radius 2 is 1.84 bits per heavy atom. The molecule has 31 heavy (non-hydrogen) atoms. The number of nitrogens with zero attached hydrogens (tertiary/aromatic N) is 1. The molecule has 5 nitrogen and oxygen atoms in total. The lowest BCUT2D eigenvalue weighted by Crippen LogP contribution is -2.05. The molecule has 0 spiro atoms. The van der Waals surface area contributed by atoms with E-state index in [0.717, 1.165) is 4.47 Å². The van der Waals surface area contributed by atoms with E-state index in [9.17, 15) is 9.18 Å². The predicted octanol–water partition coefficient (Wildman–Crippen LogP) is 5.52. The molecule has 1 heterocycles. The van der Waals surface area contributed by atoms with Crippen LogP contribution in [-0.2, 0) is 16.1 Å². The maximum absolute atomic E-state index is 13.9. The Balaban J connectivity index is 1.58. The van der Waals surface area contributed by atoms with Crippen LogP contribution in [0.2, 0.25) is 0 Å². The molecule has 156 valence electrons. The molecule has 7 heteroatoms. The third-order valence-electron chi connectivity index (χ3n) is 4.54. The Morgan fingerprint density at radius 1 is 1.06 bits per heavy atom. The van der Waals surface area contributed by atoms with Crippen molar-refractivity contribution in [1.29, 1.82) is 0 Å². The molecule has 0 saturated heterocycles. The zero-order valence-electron chi connectivity index (χ0n) is 16.5. The van der Waals surface area contributed by atoms with Gasteiger partial charge in [-0.05, 0) is 54.1 Å². The Bertz CT molecular complexity index is 1190. The number of esters is 1. The van der Waals surface area contributed by atoms with Gasteiger partial charge in [-0.2, -0.15) is 0 Å². The van der Waals surface area contributed by atoms with Crippen LogP contribution in [0.5, 0.6) is 11.5 Å². The zero-order chi connectivity index (χ0) is 21.8. The van der Waals surface area contributed by atoms with E-state index in [4.69, 9.17) is 14.2 Å². The van der Waals surface area contributed by atoms with E-state index >= 15 is 0 Å². The smallest absolute Gasteiger partial charge is 0.363 e. The first-order valence-electron chi connectivity index (χ1n) is 9.36. The van der Waals surface area contributed by atoms with Gasteiger partial charge in [0.05, 0.1) is 7.11 Å². The van der Waals surface area contributed by atoms with E-state index in [2.05, 4.69) is 20.9 Å². The number of carbonyl (C=O) groups excluding carboxylic acids is 1. The van der Waals surface area contributed by atoms with Crippen molar-refractivity contribution in [3.8, 4) is 11.5 Å². The molecule has 0 aliphatic carbocycles. The molecule has 0 aromatic heterocycles. The zero-order valence-corrected chi connectivity index (χ0v) is 18.1. The van der Waals surface area contributed by atoms with Crippen molar-refractivity contribution >= 4 is 33.9 Å². The van der Waals surface area contributed by atoms with Gasteiger partial charge in [0.2, 0.25) is 5.90 Å². The fraction of sp³-hybridized carbons (Fsp3) is 0.0833. The third-order valence-corrected chi connectivity index (χ3v) is 5.07. The number of ether oxygens (including phenoxy) is 3. The summed E-state index contributed by atoms with van der Waals surface area (Å²) in [6, 6.07) is 18.9. The van der Waals surface area contributed by atoms with Gasteiger partial charge >= 0.3 is 5.97 Å². The molecule has 4 rings (SSSR count). The topological polar surface area (TPSA) is 57.1 Å². The standard InChI is InChI=1S/C24H17BrFNO4/c1-29-21-11-6-15(13-22(21)30-14-17-4-2-3-5-19(17)26)12-20-24(28)31-23(27-20)16-7-9-18(25)10-8-16/h2-13H,14H2,1H3. The van der Waals surface area contributed by atoms with Gasteiger partial charge in [-0.25, -0.2) is 14.2 Å². The number of methoxy groups -OCH3 is 1. The van der Waals surface area contributed by atoms with Crippen LogP contribution >= 0.6 is 15.9 Å². The van der Waals surface area contributed by atoms with Gasteiger partial charge < -0.3 is 14.2 Å². The average molecular weight is 482 g/mol. The van der Waals surface area contributed by atoms with Crippen molar-refractivity contribution in [3.05, 3.63) is 99.4 Å². The lowest BCUT2D eigenvalue weighted by molar-refractivity contribution is -0.129. The molecular weight excluding hydrogens is 465 g/mol. The molecular formula is C24H17BrFNO4. The summed E-state index contributed by atoms with van der Waals surface area (Å²) in [4.78, 5) is 16.6. The minimum Gasteiger partial charge on any atom is -0.493 e. The summed E-state index contributed by atoms with van der Waals surface area (Å²) < 4.78 is 31.2. The highest BCUT2D eigenvalue weighted by atomic mass is 79.9. The number of rotatable bonds is 6. The Hall–Kier alpha value is -3.45. The monoisotopic (exact) mass is 481 g/mol. The molecule has 1 aliphatic rings. The van der Waals surface area contributed by atoms with Crippen molar-refractivity contribution in [2.45, 2.75) is 6.61 Å². The number of cyclic esters (lactones) is 1. The number of hydrogen-bond acceptors (Lipinski definition) is 5. The van der Waals surface area contributed by atoms with Gasteiger partial charge in [-0.15, -0.1) is 0 Å². The molecule has 0 bridgehead atoms. The first kappa shape index (κ1) is 20.8. The minimum atomic E-state index is -0.539. The molecule has 0 atom stereocenters.